The number of hydrogen-bond donors (Lipinski definition) is 4. The lowest BCUT2D eigenvalue weighted by atomic mass is 10.0. The topological polar surface area (TPSA) is 147 Å². The highest BCUT2D eigenvalue weighted by Gasteiger charge is 2.39. The first-order valence-corrected chi connectivity index (χ1v) is 6.88. The second kappa shape index (κ2) is 6.87. The van der Waals surface area contributed by atoms with Crippen LogP contribution in [0.5, 0.6) is 0 Å². The van der Waals surface area contributed by atoms with E-state index < -0.39 is 38.8 Å². The molecule has 10 heteroatoms. The van der Waals surface area contributed by atoms with E-state index in [2.05, 4.69) is 4.52 Å². The molecule has 0 spiro atoms. The van der Waals surface area contributed by atoms with Crippen molar-refractivity contribution >= 4 is 14.1 Å². The highest BCUT2D eigenvalue weighted by Crippen LogP contribution is 2.30. The van der Waals surface area contributed by atoms with Crippen molar-refractivity contribution < 1.29 is 43.5 Å². The average molecular weight is 301 g/mol. The Labute approximate surface area is 110 Å². The Morgan fingerprint density at radius 3 is 2.05 bits per heavy atom. The first kappa shape index (κ1) is 18.6. The Bertz CT molecular complexity index is 338. The summed E-state index contributed by atoms with van der Waals surface area (Å²) < 4.78 is 14.2. The molecule has 4 N–H and O–H groups in total. The third kappa shape index (κ3) is 6.55. The lowest BCUT2D eigenvalue weighted by Crippen LogP contribution is -2.58. The highest BCUT2D eigenvalue weighted by atomic mass is 31.2. The van der Waals surface area contributed by atoms with Crippen LogP contribution < -0.4 is 4.89 Å². The number of likely N-dealkylation sites (N-methyl/N-ethyl adjacent to an activating group) is 1. The number of nitrogens with zero attached hydrogens (tertiary/aromatic N) is 1. The molecule has 0 aromatic heterocycles. The van der Waals surface area contributed by atoms with Crippen molar-refractivity contribution in [3.63, 3.8) is 0 Å². The molecule has 0 saturated heterocycles. The quantitative estimate of drug-likeness (QED) is 0.208. The molecule has 0 rings (SSSR count). The molecule has 1 unspecified atom stereocenters. The number of aldehydes is 1. The number of carbonyl (C=O) groups is 1. The third-order valence-electron chi connectivity index (χ3n) is 2.54. The number of aliphatic hydroxyl groups excluding tert-OH is 3. The van der Waals surface area contributed by atoms with Crippen LogP contribution in [-0.4, -0.2) is 83.1 Å². The Hall–Kier alpha value is -0.380. The molecule has 0 amide bonds. The van der Waals surface area contributed by atoms with E-state index in [9.17, 15) is 29.6 Å². The smallest absolute Gasteiger partial charge is 0.265 e. The van der Waals surface area contributed by atoms with Gasteiger partial charge >= 0.3 is 0 Å². The summed E-state index contributed by atoms with van der Waals surface area (Å²) in [6.07, 6.45) is -4.79. The van der Waals surface area contributed by atoms with Crippen LogP contribution in [0.2, 0.25) is 0 Å². The van der Waals surface area contributed by atoms with E-state index in [0.29, 0.717) is 6.29 Å². The molecule has 19 heavy (non-hydrogen) atoms. The molecular weight excluding hydrogens is 281 g/mol. The molecule has 0 saturated carbocycles. The first-order valence-electron chi connectivity index (χ1n) is 5.39. The third-order valence-corrected chi connectivity index (χ3v) is 3.01. The largest absolute Gasteiger partial charge is 0.756 e. The number of quaternary nitrogens is 1. The van der Waals surface area contributed by atoms with Crippen molar-refractivity contribution in [3.05, 3.63) is 0 Å². The minimum absolute atomic E-state index is 0.00461. The van der Waals surface area contributed by atoms with E-state index in [1.165, 1.54) is 0 Å². The van der Waals surface area contributed by atoms with Crippen LogP contribution in [0.15, 0.2) is 0 Å². The number of rotatable bonds is 8. The Morgan fingerprint density at radius 2 is 1.74 bits per heavy atom. The number of hydrogen-bond acceptors (Lipinski definition) is 7. The van der Waals surface area contributed by atoms with Gasteiger partial charge in [0.25, 0.3) is 7.82 Å². The molecule has 0 bridgehead atoms. The van der Waals surface area contributed by atoms with Crippen LogP contribution in [0, 0.1) is 0 Å². The summed E-state index contributed by atoms with van der Waals surface area (Å²) in [4.78, 5) is 29.6. The van der Waals surface area contributed by atoms with E-state index in [0.717, 1.165) is 0 Å². The van der Waals surface area contributed by atoms with Crippen LogP contribution in [0.4, 0.5) is 0 Å². The van der Waals surface area contributed by atoms with E-state index in [1.54, 1.807) is 21.1 Å². The van der Waals surface area contributed by atoms with Gasteiger partial charge in [-0.2, -0.15) is 0 Å². The SMILES string of the molecule is C[N+](C)(C)[C@H](C=O)[C@@H](O)[C@H](O)[C@H](O)COP(=O)([O-])O. The van der Waals surface area contributed by atoms with Crippen molar-refractivity contribution in [1.29, 1.82) is 0 Å². The lowest BCUT2D eigenvalue weighted by molar-refractivity contribution is -0.889. The molecule has 0 radical (unpaired) electrons. The molecule has 0 aromatic rings. The summed E-state index contributed by atoms with van der Waals surface area (Å²) in [5, 5.41) is 28.8. The maximum absolute atomic E-state index is 10.9. The zero-order valence-corrected chi connectivity index (χ0v) is 11.8. The molecule has 0 aliphatic rings. The van der Waals surface area contributed by atoms with Crippen LogP contribution >= 0.6 is 7.82 Å². The van der Waals surface area contributed by atoms with Gasteiger partial charge in [0, 0.05) is 0 Å². The average Bonchev–Trinajstić information content (AvgIpc) is 2.22. The summed E-state index contributed by atoms with van der Waals surface area (Å²) in [7, 11) is -0.245. The summed E-state index contributed by atoms with van der Waals surface area (Å²) in [5.74, 6) is 0. The molecule has 5 atom stereocenters. The van der Waals surface area contributed by atoms with Gasteiger partial charge in [0.1, 0.15) is 18.3 Å². The number of phosphoric ester groups is 1. The Morgan fingerprint density at radius 1 is 1.26 bits per heavy atom. The van der Waals surface area contributed by atoms with Gasteiger partial charge in [-0.1, -0.05) is 0 Å². The van der Waals surface area contributed by atoms with Gasteiger partial charge in [0.2, 0.25) is 0 Å². The van der Waals surface area contributed by atoms with Crippen LogP contribution in [0.1, 0.15) is 0 Å². The van der Waals surface area contributed by atoms with E-state index in [4.69, 9.17) is 4.89 Å². The van der Waals surface area contributed by atoms with Gasteiger partial charge < -0.3 is 34.1 Å². The fourth-order valence-electron chi connectivity index (χ4n) is 1.42. The zero-order chi connectivity index (χ0) is 15.4. The molecule has 114 valence electrons. The van der Waals surface area contributed by atoms with Crippen LogP contribution in [0.25, 0.3) is 0 Å². The molecule has 0 aliphatic carbocycles. The standard InChI is InChI=1S/C9H20NO8P/c1-10(2,3)6(4-11)8(13)9(14)7(12)5-18-19(15,16)17/h4,6-9,12-14H,5H2,1-3H3,(H-,15,16,17)/t6-,7-,8-,9-/m1/s1. The van der Waals surface area contributed by atoms with E-state index >= 15 is 0 Å². The Balaban J connectivity index is 4.66. The predicted octanol–water partition coefficient (Wildman–Crippen LogP) is -3.18. The normalized spacial score (nSPS) is 22.1. The maximum atomic E-state index is 10.9. The van der Waals surface area contributed by atoms with Crippen LogP contribution in [-0.2, 0) is 13.9 Å². The first-order chi connectivity index (χ1) is 8.40. The Kier molecular flexibility index (Phi) is 6.73. The van der Waals surface area contributed by atoms with Gasteiger partial charge in [0.05, 0.1) is 27.7 Å². The molecular formula is C9H20NO8P. The van der Waals surface area contributed by atoms with Gasteiger partial charge in [-0.15, -0.1) is 0 Å². The number of carbonyl (C=O) groups excluding carboxylic acids is 1. The molecule has 9 nitrogen and oxygen atoms in total. The van der Waals surface area contributed by atoms with Crippen molar-refractivity contribution in [1.82, 2.24) is 0 Å². The molecule has 0 aromatic carbocycles. The van der Waals surface area contributed by atoms with E-state index in [-0.39, 0.29) is 4.48 Å². The van der Waals surface area contributed by atoms with Crippen LogP contribution in [0.3, 0.4) is 0 Å². The predicted molar refractivity (Wildman–Crippen MR) is 61.7 cm³/mol. The lowest BCUT2D eigenvalue weighted by Gasteiger charge is -2.36. The molecule has 0 fully saturated rings. The molecule has 0 aliphatic heterocycles. The fourth-order valence-corrected chi connectivity index (χ4v) is 1.76. The van der Waals surface area contributed by atoms with Gasteiger partial charge in [-0.25, -0.2) is 0 Å². The second-order valence-electron chi connectivity index (χ2n) is 5.06. The fraction of sp³-hybridized carbons (Fsp3) is 0.889. The van der Waals surface area contributed by atoms with Crippen molar-refractivity contribution in [2.75, 3.05) is 27.7 Å². The van der Waals surface area contributed by atoms with Gasteiger partial charge in [-0.3, -0.25) is 9.36 Å². The van der Waals surface area contributed by atoms with Gasteiger partial charge in [0.15, 0.2) is 12.3 Å². The van der Waals surface area contributed by atoms with Gasteiger partial charge in [-0.05, 0) is 0 Å². The van der Waals surface area contributed by atoms with E-state index in [1.807, 2.05) is 0 Å². The second-order valence-corrected chi connectivity index (χ2v) is 6.25. The summed E-state index contributed by atoms with van der Waals surface area (Å²) in [6, 6.07) is -1.03. The summed E-state index contributed by atoms with van der Waals surface area (Å²) in [5.41, 5.74) is 0. The maximum Gasteiger partial charge on any atom is 0.265 e. The van der Waals surface area contributed by atoms with Crippen molar-refractivity contribution in [3.8, 4) is 0 Å². The van der Waals surface area contributed by atoms with Crippen molar-refractivity contribution in [2.45, 2.75) is 24.4 Å². The monoisotopic (exact) mass is 301 g/mol. The minimum atomic E-state index is -5.03. The number of phosphoric acid groups is 1. The summed E-state index contributed by atoms with van der Waals surface area (Å²) >= 11 is 0. The minimum Gasteiger partial charge on any atom is -0.756 e. The zero-order valence-electron chi connectivity index (χ0n) is 10.9. The highest BCUT2D eigenvalue weighted by molar-refractivity contribution is 7.44. The summed E-state index contributed by atoms with van der Waals surface area (Å²) in [6.45, 7) is -0.932. The van der Waals surface area contributed by atoms with Crippen molar-refractivity contribution in [2.24, 2.45) is 0 Å². The molecule has 0 heterocycles. The number of aliphatic hydroxyl groups is 3.